The first-order chi connectivity index (χ1) is 15.9. The largest absolute Gasteiger partial charge is 0.696 e. The van der Waals surface area contributed by atoms with E-state index < -0.39 is 76.9 Å². The molecule has 0 saturated carbocycles. The minimum Gasteiger partial charge on any atom is -0.480 e. The molecule has 0 bridgehead atoms. The van der Waals surface area contributed by atoms with Gasteiger partial charge in [0, 0.05) is 43.6 Å². The third kappa shape index (κ3) is 13.0. The van der Waals surface area contributed by atoms with Gasteiger partial charge in [-0.05, 0) is 0 Å². The Bertz CT molecular complexity index is 698. The maximum absolute atomic E-state index is 11.4. The zero-order valence-corrected chi connectivity index (χ0v) is 18.9. The number of hydrogen-bond donors (Lipinski definition) is 5. The average Bonchev–Trinajstić information content (AvgIpc) is 2.72. The monoisotopic (exact) mass is 512 g/mol. The Balaban J connectivity index is 5.56. The van der Waals surface area contributed by atoms with Crippen LogP contribution in [0.5, 0.6) is 0 Å². The molecular formula is C17H27N3O13P+. The summed E-state index contributed by atoms with van der Waals surface area (Å²) in [4.78, 5) is 78.9. The predicted molar refractivity (Wildman–Crippen MR) is 110 cm³/mol. The zero-order chi connectivity index (χ0) is 26.3. The first-order valence-corrected chi connectivity index (χ1v) is 10.8. The summed E-state index contributed by atoms with van der Waals surface area (Å²) in [5.41, 5.74) is 0. The number of carboxylic acids is 4. The van der Waals surface area contributed by atoms with Crippen LogP contribution in [0, 0.1) is 0 Å². The Hall–Kier alpha value is -2.88. The van der Waals surface area contributed by atoms with Crippen molar-refractivity contribution in [3.63, 3.8) is 0 Å². The van der Waals surface area contributed by atoms with Gasteiger partial charge in [-0.25, -0.2) is 0 Å². The molecule has 0 spiro atoms. The average molecular weight is 512 g/mol. The Kier molecular flexibility index (Phi) is 15.3. The summed E-state index contributed by atoms with van der Waals surface area (Å²) in [5, 5.41) is 36.7. The minimum atomic E-state index is -3.06. The zero-order valence-electron chi connectivity index (χ0n) is 18.0. The van der Waals surface area contributed by atoms with Crippen molar-refractivity contribution in [3.8, 4) is 0 Å². The van der Waals surface area contributed by atoms with Gasteiger partial charge in [-0.1, -0.05) is 0 Å². The van der Waals surface area contributed by atoms with Gasteiger partial charge >= 0.3 is 32.1 Å². The Morgan fingerprint density at radius 1 is 0.765 bits per heavy atom. The van der Waals surface area contributed by atoms with E-state index in [1.165, 1.54) is 4.90 Å². The molecule has 0 fully saturated rings. The van der Waals surface area contributed by atoms with E-state index >= 15 is 0 Å². The third-order valence-corrected chi connectivity index (χ3v) is 4.86. The highest BCUT2D eigenvalue weighted by Gasteiger charge is 2.30. The van der Waals surface area contributed by atoms with Crippen LogP contribution in [0.1, 0.15) is 12.8 Å². The minimum absolute atomic E-state index is 0.161. The normalized spacial score (nSPS) is 13.5. The van der Waals surface area contributed by atoms with Crippen LogP contribution < -0.4 is 0 Å². The van der Waals surface area contributed by atoms with E-state index in [0.29, 0.717) is 12.6 Å². The Labute approximate surface area is 194 Å². The van der Waals surface area contributed by atoms with Crippen molar-refractivity contribution < 1.29 is 63.2 Å². The molecule has 0 aliphatic rings. The smallest absolute Gasteiger partial charge is 0.480 e. The Morgan fingerprint density at radius 2 is 1.15 bits per heavy atom. The highest BCUT2D eigenvalue weighted by molar-refractivity contribution is 7.32. The van der Waals surface area contributed by atoms with Crippen molar-refractivity contribution in [2.24, 2.45) is 0 Å². The molecule has 17 heteroatoms. The highest BCUT2D eigenvalue weighted by Crippen LogP contribution is 2.15. The number of aldehydes is 2. The number of carbonyl (C=O) groups is 6. The molecule has 0 amide bonds. The molecule has 0 radical (unpaired) electrons. The number of rotatable bonds is 21. The van der Waals surface area contributed by atoms with Crippen LogP contribution in [0.2, 0.25) is 0 Å². The summed E-state index contributed by atoms with van der Waals surface area (Å²) >= 11 is 0. The maximum atomic E-state index is 11.4. The molecule has 0 aromatic heterocycles. The summed E-state index contributed by atoms with van der Waals surface area (Å²) in [6.45, 7) is -2.82. The van der Waals surface area contributed by atoms with Crippen molar-refractivity contribution in [3.05, 3.63) is 0 Å². The first kappa shape index (κ1) is 31.1. The lowest BCUT2D eigenvalue weighted by molar-refractivity contribution is -0.148. The maximum Gasteiger partial charge on any atom is 0.696 e. The van der Waals surface area contributed by atoms with Crippen LogP contribution in [0.25, 0.3) is 0 Å². The molecule has 3 atom stereocenters. The molecule has 5 N–H and O–H groups in total. The lowest BCUT2D eigenvalue weighted by Gasteiger charge is -2.31. The van der Waals surface area contributed by atoms with Gasteiger partial charge < -0.3 is 30.0 Å². The van der Waals surface area contributed by atoms with E-state index in [-0.39, 0.29) is 26.2 Å². The topological polar surface area (TPSA) is 240 Å². The molecule has 34 heavy (non-hydrogen) atoms. The van der Waals surface area contributed by atoms with Gasteiger partial charge in [-0.3, -0.25) is 33.9 Å². The molecule has 0 heterocycles. The molecule has 3 unspecified atom stereocenters. The van der Waals surface area contributed by atoms with Crippen molar-refractivity contribution in [1.29, 1.82) is 0 Å². The number of hydrogen-bond acceptors (Lipinski definition) is 11. The lowest BCUT2D eigenvalue weighted by Crippen LogP contribution is -2.50. The molecule has 0 aromatic rings. The van der Waals surface area contributed by atoms with Gasteiger partial charge in [0.15, 0.2) is 6.73 Å². The van der Waals surface area contributed by atoms with Crippen LogP contribution in [0.3, 0.4) is 0 Å². The summed E-state index contributed by atoms with van der Waals surface area (Å²) < 4.78 is 15.5. The van der Waals surface area contributed by atoms with Crippen LogP contribution in [-0.2, 0) is 37.9 Å². The second-order valence-corrected chi connectivity index (χ2v) is 7.59. The Morgan fingerprint density at radius 3 is 1.41 bits per heavy atom. The fourth-order valence-electron chi connectivity index (χ4n) is 2.94. The van der Waals surface area contributed by atoms with Gasteiger partial charge in [0.2, 0.25) is 0 Å². The van der Waals surface area contributed by atoms with E-state index in [2.05, 4.69) is 4.52 Å². The predicted octanol–water partition coefficient (Wildman–Crippen LogP) is -2.23. The summed E-state index contributed by atoms with van der Waals surface area (Å²) in [7, 11) is -3.06. The second kappa shape index (κ2) is 16.7. The lowest BCUT2D eigenvalue weighted by atomic mass is 10.1. The van der Waals surface area contributed by atoms with Crippen molar-refractivity contribution in [1.82, 2.24) is 14.7 Å². The summed E-state index contributed by atoms with van der Waals surface area (Å²) in [5.74, 6) is -5.63. The molecule has 0 saturated heterocycles. The summed E-state index contributed by atoms with van der Waals surface area (Å²) in [6, 6.07) is -2.92. The van der Waals surface area contributed by atoms with E-state index in [0.717, 1.165) is 9.80 Å². The van der Waals surface area contributed by atoms with Gasteiger partial charge in [0.1, 0.15) is 24.7 Å². The second-order valence-electron chi connectivity index (χ2n) is 6.86. The van der Waals surface area contributed by atoms with E-state index in [4.69, 9.17) is 15.1 Å². The molecule has 0 rings (SSSR count). The fourth-order valence-corrected chi connectivity index (χ4v) is 3.21. The van der Waals surface area contributed by atoms with Crippen molar-refractivity contribution >= 4 is 44.7 Å². The number of aliphatic carboxylic acids is 4. The highest BCUT2D eigenvalue weighted by atomic mass is 31.1. The van der Waals surface area contributed by atoms with E-state index in [1.54, 1.807) is 0 Å². The molecule has 0 aliphatic carbocycles. The SMILES string of the molecule is O=CCC(C(=O)O)N(CCN(CCN(CC(=O)O)C(CC=O)C(=O)O)CO[P+](=O)O)CC(=O)O. The van der Waals surface area contributed by atoms with Crippen LogP contribution in [0.15, 0.2) is 0 Å². The van der Waals surface area contributed by atoms with Gasteiger partial charge in [-0.15, -0.1) is 9.42 Å². The van der Waals surface area contributed by atoms with Crippen LogP contribution in [0.4, 0.5) is 0 Å². The van der Waals surface area contributed by atoms with Crippen molar-refractivity contribution in [2.75, 3.05) is 46.0 Å². The number of nitrogens with zero attached hydrogens (tertiary/aromatic N) is 3. The first-order valence-electron chi connectivity index (χ1n) is 9.68. The van der Waals surface area contributed by atoms with Gasteiger partial charge in [0.25, 0.3) is 0 Å². The molecule has 192 valence electrons. The summed E-state index contributed by atoms with van der Waals surface area (Å²) in [6.07, 6.45) is -0.373. The van der Waals surface area contributed by atoms with Gasteiger partial charge in [0.05, 0.1) is 13.1 Å². The quantitative estimate of drug-likeness (QED) is 0.0621. The van der Waals surface area contributed by atoms with Crippen LogP contribution in [-0.4, -0.2) is 135 Å². The molecule has 16 nitrogen and oxygen atoms in total. The number of carbonyl (C=O) groups excluding carboxylic acids is 2. The van der Waals surface area contributed by atoms with E-state index in [9.17, 15) is 43.5 Å². The number of carboxylic acid groups (broad SMARTS) is 4. The van der Waals surface area contributed by atoms with Gasteiger partial charge in [-0.2, -0.15) is 0 Å². The van der Waals surface area contributed by atoms with Crippen molar-refractivity contribution in [2.45, 2.75) is 24.9 Å². The van der Waals surface area contributed by atoms with E-state index in [1.807, 2.05) is 0 Å². The molecule has 0 aromatic carbocycles. The molecule has 0 aliphatic heterocycles. The van der Waals surface area contributed by atoms with Crippen LogP contribution >= 0.6 is 8.25 Å². The standard InChI is InChI=1S/C17H26N3O13P/c21-7-1-12(16(27)28)19(9-14(23)24)5-3-18(11-33-34(31)32)4-6-20(10-15(25)26)13(2-8-22)17(29)30/h7-8,12-13H,1-6,9-11H2,(H4-,23,24,25,26,27,28,29,30,31,32)/p+1. The molecular weight excluding hydrogens is 485 g/mol. The third-order valence-electron chi connectivity index (χ3n) is 4.52. The fraction of sp³-hybridized carbons (Fsp3) is 0.647.